The van der Waals surface area contributed by atoms with Crippen LogP contribution in [-0.4, -0.2) is 85.8 Å². The fourth-order valence-corrected chi connectivity index (χ4v) is 5.47. The van der Waals surface area contributed by atoms with Crippen LogP contribution >= 0.6 is 11.8 Å². The Labute approximate surface area is 210 Å². The molecule has 0 unspecified atom stereocenters. The molecule has 35 heavy (non-hydrogen) atoms. The van der Waals surface area contributed by atoms with E-state index in [2.05, 4.69) is 11.9 Å². The number of aliphatic imine (C=N–C) groups is 1. The monoisotopic (exact) mass is 500 g/mol. The number of likely N-dealkylation sites (N-methyl/N-ethyl adjacent to an activating group) is 1. The molecule has 1 fully saturated rings. The molecule has 0 bridgehead atoms. The Morgan fingerprint density at radius 1 is 1.14 bits per heavy atom. The van der Waals surface area contributed by atoms with Crippen molar-refractivity contribution in [3.8, 4) is 11.5 Å². The molecule has 0 radical (unpaired) electrons. The lowest BCUT2D eigenvalue weighted by molar-refractivity contribution is -0.139. The standard InChI is InChI=1S/C25H32N4O5S/c1-6-34-24(31)22-16(2)26-25-29(23(22)19-14-18(32-4)7-8-20(19)33-5)17(15-35-25)13-21(30)28-11-9-27(3)10-12-28/h7-8,14-15,23H,6,9-13H2,1-5H3/t23-/m1/s1. The number of nitrogens with zero attached hydrogens (tertiary/aromatic N) is 4. The number of methoxy groups -OCH3 is 2. The van der Waals surface area contributed by atoms with Crippen molar-refractivity contribution >= 4 is 28.8 Å². The van der Waals surface area contributed by atoms with E-state index in [0.29, 0.717) is 41.0 Å². The Morgan fingerprint density at radius 3 is 2.54 bits per heavy atom. The molecular weight excluding hydrogens is 468 g/mol. The smallest absolute Gasteiger partial charge is 0.338 e. The molecule has 1 atom stereocenters. The molecule has 1 amide bonds. The van der Waals surface area contributed by atoms with Crippen molar-refractivity contribution in [1.29, 1.82) is 0 Å². The first kappa shape index (κ1) is 25.1. The molecule has 3 aliphatic heterocycles. The zero-order valence-corrected chi connectivity index (χ0v) is 21.7. The predicted molar refractivity (Wildman–Crippen MR) is 135 cm³/mol. The number of ether oxygens (including phenoxy) is 3. The van der Waals surface area contributed by atoms with Gasteiger partial charge in [0.15, 0.2) is 5.17 Å². The Balaban J connectivity index is 1.74. The van der Waals surface area contributed by atoms with E-state index in [1.165, 1.54) is 11.8 Å². The molecule has 1 saturated heterocycles. The van der Waals surface area contributed by atoms with Crippen molar-refractivity contribution in [3.63, 3.8) is 0 Å². The number of thioether (sulfide) groups is 1. The molecule has 0 N–H and O–H groups in total. The highest BCUT2D eigenvalue weighted by molar-refractivity contribution is 8.16. The van der Waals surface area contributed by atoms with Crippen LogP contribution in [0.2, 0.25) is 0 Å². The molecule has 1 aromatic carbocycles. The van der Waals surface area contributed by atoms with Gasteiger partial charge in [0.25, 0.3) is 0 Å². The SMILES string of the molecule is CCOC(=O)C1=C(C)N=C2SC=C(CC(=O)N3CCN(C)CC3)N2[C@@H]1c1cc(OC)ccc1OC. The van der Waals surface area contributed by atoms with Gasteiger partial charge in [-0.15, -0.1) is 0 Å². The van der Waals surface area contributed by atoms with E-state index in [-0.39, 0.29) is 18.9 Å². The Morgan fingerprint density at radius 2 is 1.89 bits per heavy atom. The van der Waals surface area contributed by atoms with Crippen molar-refractivity contribution in [2.24, 2.45) is 4.99 Å². The highest BCUT2D eigenvalue weighted by atomic mass is 32.2. The zero-order valence-electron chi connectivity index (χ0n) is 20.9. The van der Waals surface area contributed by atoms with Crippen LogP contribution in [0.5, 0.6) is 11.5 Å². The van der Waals surface area contributed by atoms with E-state index in [4.69, 9.17) is 19.2 Å². The third kappa shape index (κ3) is 5.04. The molecule has 0 aromatic heterocycles. The first-order chi connectivity index (χ1) is 16.9. The third-order valence-corrected chi connectivity index (χ3v) is 7.30. The number of rotatable bonds is 7. The Kier molecular flexibility index (Phi) is 7.71. The second-order valence-corrected chi connectivity index (χ2v) is 9.42. The number of esters is 1. The second-order valence-electron chi connectivity index (χ2n) is 8.58. The molecule has 0 aliphatic carbocycles. The summed E-state index contributed by atoms with van der Waals surface area (Å²) in [6.45, 7) is 6.95. The molecular formula is C25H32N4O5S. The highest BCUT2D eigenvalue weighted by Gasteiger charge is 2.42. The van der Waals surface area contributed by atoms with Gasteiger partial charge in [0, 0.05) is 37.4 Å². The lowest BCUT2D eigenvalue weighted by Crippen LogP contribution is -2.47. The van der Waals surface area contributed by atoms with Crippen LogP contribution in [0.4, 0.5) is 0 Å². The topological polar surface area (TPSA) is 83.9 Å². The highest BCUT2D eigenvalue weighted by Crippen LogP contribution is 2.47. The summed E-state index contributed by atoms with van der Waals surface area (Å²) in [6, 6.07) is 4.92. The number of hydrogen-bond acceptors (Lipinski definition) is 9. The average Bonchev–Trinajstić information content (AvgIpc) is 3.24. The summed E-state index contributed by atoms with van der Waals surface area (Å²) in [5.74, 6) is 0.862. The van der Waals surface area contributed by atoms with Crippen molar-refractivity contribution in [2.75, 3.05) is 54.1 Å². The molecule has 1 aromatic rings. The molecule has 0 spiro atoms. The summed E-state index contributed by atoms with van der Waals surface area (Å²) in [4.78, 5) is 37.2. The lowest BCUT2D eigenvalue weighted by Gasteiger charge is -2.38. The largest absolute Gasteiger partial charge is 0.497 e. The van der Waals surface area contributed by atoms with E-state index >= 15 is 0 Å². The summed E-state index contributed by atoms with van der Waals surface area (Å²) < 4.78 is 16.6. The van der Waals surface area contributed by atoms with Gasteiger partial charge in [0.05, 0.1) is 44.6 Å². The van der Waals surface area contributed by atoms with Gasteiger partial charge in [-0.3, -0.25) is 4.79 Å². The minimum atomic E-state index is -0.576. The number of amides is 1. The maximum Gasteiger partial charge on any atom is 0.338 e. The molecule has 188 valence electrons. The van der Waals surface area contributed by atoms with Gasteiger partial charge >= 0.3 is 5.97 Å². The van der Waals surface area contributed by atoms with E-state index in [1.807, 2.05) is 40.3 Å². The minimum Gasteiger partial charge on any atom is -0.497 e. The second kappa shape index (κ2) is 10.7. The summed E-state index contributed by atoms with van der Waals surface area (Å²) in [6.07, 6.45) is 0.216. The van der Waals surface area contributed by atoms with Crippen LogP contribution in [-0.2, 0) is 14.3 Å². The molecule has 4 rings (SSSR count). The Hall–Kier alpha value is -2.98. The average molecular weight is 501 g/mol. The van der Waals surface area contributed by atoms with E-state index in [1.54, 1.807) is 21.1 Å². The fourth-order valence-electron chi connectivity index (χ4n) is 4.51. The van der Waals surface area contributed by atoms with E-state index < -0.39 is 12.0 Å². The van der Waals surface area contributed by atoms with Gasteiger partial charge in [0.1, 0.15) is 11.5 Å². The maximum atomic E-state index is 13.2. The van der Waals surface area contributed by atoms with Gasteiger partial charge < -0.3 is 28.9 Å². The summed E-state index contributed by atoms with van der Waals surface area (Å²) in [5.41, 5.74) is 2.53. The first-order valence-corrected chi connectivity index (χ1v) is 12.6. The van der Waals surface area contributed by atoms with Crippen molar-refractivity contribution in [3.05, 3.63) is 46.1 Å². The van der Waals surface area contributed by atoms with Gasteiger partial charge in [-0.25, -0.2) is 9.79 Å². The van der Waals surface area contributed by atoms with Crippen LogP contribution in [0.3, 0.4) is 0 Å². The summed E-state index contributed by atoms with van der Waals surface area (Å²) in [5, 5.41) is 2.67. The normalized spacial score (nSPS) is 20.3. The molecule has 3 aliphatic rings. The van der Waals surface area contributed by atoms with Crippen molar-refractivity contribution < 1.29 is 23.8 Å². The zero-order chi connectivity index (χ0) is 25.1. The van der Waals surface area contributed by atoms with Gasteiger partial charge in [-0.1, -0.05) is 11.8 Å². The number of carbonyl (C=O) groups is 2. The van der Waals surface area contributed by atoms with Gasteiger partial charge in [-0.2, -0.15) is 0 Å². The maximum absolute atomic E-state index is 13.2. The van der Waals surface area contributed by atoms with E-state index in [9.17, 15) is 9.59 Å². The number of hydrogen-bond donors (Lipinski definition) is 0. The van der Waals surface area contributed by atoms with Gasteiger partial charge in [-0.05, 0) is 44.5 Å². The summed E-state index contributed by atoms with van der Waals surface area (Å²) in [7, 11) is 5.25. The quantitative estimate of drug-likeness (QED) is 0.529. The lowest BCUT2D eigenvalue weighted by atomic mass is 9.92. The van der Waals surface area contributed by atoms with E-state index in [0.717, 1.165) is 24.4 Å². The number of amidine groups is 1. The van der Waals surface area contributed by atoms with Crippen LogP contribution in [0.25, 0.3) is 0 Å². The first-order valence-electron chi connectivity index (χ1n) is 11.7. The van der Waals surface area contributed by atoms with Crippen LogP contribution in [0.15, 0.2) is 45.6 Å². The number of fused-ring (bicyclic) bond motifs is 1. The number of carbonyl (C=O) groups excluding carboxylic acids is 2. The molecule has 0 saturated carbocycles. The molecule has 3 heterocycles. The molecule has 9 nitrogen and oxygen atoms in total. The predicted octanol–water partition coefficient (Wildman–Crippen LogP) is 3.01. The van der Waals surface area contributed by atoms with Crippen molar-refractivity contribution in [2.45, 2.75) is 26.3 Å². The number of allylic oxidation sites excluding steroid dienone is 1. The van der Waals surface area contributed by atoms with Crippen molar-refractivity contribution in [1.82, 2.24) is 14.7 Å². The number of piperazine rings is 1. The third-order valence-electron chi connectivity index (χ3n) is 6.42. The molecule has 10 heteroatoms. The fraction of sp³-hybridized carbons (Fsp3) is 0.480. The van der Waals surface area contributed by atoms with Crippen LogP contribution < -0.4 is 9.47 Å². The van der Waals surface area contributed by atoms with Gasteiger partial charge in [0.2, 0.25) is 5.91 Å². The Bertz CT molecular complexity index is 1090. The summed E-state index contributed by atoms with van der Waals surface area (Å²) >= 11 is 1.45. The van der Waals surface area contributed by atoms with Crippen LogP contribution in [0.1, 0.15) is 31.9 Å². The minimum absolute atomic E-state index is 0.0616. The number of benzene rings is 1. The van der Waals surface area contributed by atoms with Crippen LogP contribution in [0, 0.1) is 0 Å².